The molecular weight excluding hydrogens is 953 g/mol. The van der Waals surface area contributed by atoms with Crippen molar-refractivity contribution in [3.05, 3.63) is 72.3 Å². The summed E-state index contributed by atoms with van der Waals surface area (Å²) in [7, 11) is 3.08. The lowest BCUT2D eigenvalue weighted by Crippen LogP contribution is -2.47. The van der Waals surface area contributed by atoms with Gasteiger partial charge >= 0.3 is 0 Å². The van der Waals surface area contributed by atoms with Crippen LogP contribution in [0.1, 0.15) is 70.2 Å². The first-order valence-corrected chi connectivity index (χ1v) is 25.1. The molecule has 0 aromatic carbocycles. The van der Waals surface area contributed by atoms with Crippen LogP contribution in [0.25, 0.3) is 0 Å². The topological polar surface area (TPSA) is 277 Å². The Morgan fingerprint density at radius 1 is 0.708 bits per heavy atom. The first-order chi connectivity index (χ1) is 34.6. The summed E-state index contributed by atoms with van der Waals surface area (Å²) in [5.41, 5.74) is 0.508. The van der Waals surface area contributed by atoms with Crippen LogP contribution in [0.3, 0.4) is 0 Å². The van der Waals surface area contributed by atoms with E-state index in [1.54, 1.807) is 33.4 Å². The Morgan fingerprint density at radius 2 is 1.25 bits per heavy atom. The number of hydrogen-bond donors (Lipinski definition) is 5. The molecule has 0 saturated carbocycles. The highest BCUT2D eigenvalue weighted by Crippen LogP contribution is 2.35. The average Bonchev–Trinajstić information content (AvgIpc) is 3.83. The molecule has 0 aliphatic carbocycles. The molecule has 23 heteroatoms. The van der Waals surface area contributed by atoms with E-state index >= 15 is 0 Å². The van der Waals surface area contributed by atoms with E-state index < -0.39 is 57.4 Å². The molecule has 0 spiro atoms. The molecule has 394 valence electrons. The Morgan fingerprint density at radius 3 is 1.81 bits per heavy atom. The molecule has 0 radical (unpaired) electrons. The maximum absolute atomic E-state index is 14.1. The summed E-state index contributed by atoms with van der Waals surface area (Å²) in [5, 5.41) is 12.2. The van der Waals surface area contributed by atoms with Gasteiger partial charge < -0.3 is 40.8 Å². The van der Waals surface area contributed by atoms with Crippen molar-refractivity contribution in [3.8, 4) is 0 Å². The van der Waals surface area contributed by atoms with Crippen LogP contribution in [0.15, 0.2) is 60.9 Å². The van der Waals surface area contributed by atoms with E-state index in [4.69, 9.17) is 14.2 Å². The predicted molar refractivity (Wildman–Crippen MR) is 265 cm³/mol. The number of rotatable bonds is 35. The first kappa shape index (κ1) is 58.4. The van der Waals surface area contributed by atoms with Gasteiger partial charge in [0.1, 0.15) is 0 Å². The summed E-state index contributed by atoms with van der Waals surface area (Å²) >= 11 is 1.02. The molecule has 2 aromatic rings. The standard InChI is InChI=1S/C49H70N10O12S/c1-49(2,48(68)56-22-28-70-4)32-39(46(66)54-20-10-7-13-37(45(65)55-21-27-69-3)57(33-35-11-5-8-18-50-35)34-36-12-6-9-19-51-36)72-38-31-44(64)59(47(38)67)26-17-41(61)53-24-30-71-29-23-52-40(60)16-25-58-42(62)14-15-43(58)63/h5-6,8-9,11-12,14-15,18-19,37-39H,7,10,13,16-17,20-34H2,1-4H3,(H,52,60)(H,53,61)(H,54,66)(H,55,65)(H,56,68). The number of nitrogens with one attached hydrogen (secondary N) is 5. The van der Waals surface area contributed by atoms with E-state index in [-0.39, 0.29) is 102 Å². The zero-order valence-electron chi connectivity index (χ0n) is 41.7. The largest absolute Gasteiger partial charge is 0.383 e. The molecule has 5 N–H and O–H groups in total. The highest BCUT2D eigenvalue weighted by atomic mass is 32.2. The minimum Gasteiger partial charge on any atom is -0.383 e. The average molecular weight is 1020 g/mol. The van der Waals surface area contributed by atoms with Crippen molar-refractivity contribution < 1.29 is 57.4 Å². The Balaban J connectivity index is 1.29. The van der Waals surface area contributed by atoms with Gasteiger partial charge in [0.25, 0.3) is 11.8 Å². The van der Waals surface area contributed by atoms with Crippen LogP contribution in [-0.4, -0.2) is 181 Å². The number of aromatic nitrogens is 2. The summed E-state index contributed by atoms with van der Waals surface area (Å²) in [6, 6.07) is 10.7. The number of imide groups is 2. The van der Waals surface area contributed by atoms with Gasteiger partial charge in [0.2, 0.25) is 41.4 Å². The van der Waals surface area contributed by atoms with Gasteiger partial charge in [-0.25, -0.2) is 0 Å². The van der Waals surface area contributed by atoms with E-state index in [0.29, 0.717) is 45.5 Å². The summed E-state index contributed by atoms with van der Waals surface area (Å²) in [6.07, 6.45) is 6.84. The number of unbranched alkanes of at least 4 members (excludes halogenated alkanes) is 1. The molecule has 2 aliphatic rings. The number of methoxy groups -OCH3 is 2. The van der Waals surface area contributed by atoms with Crippen molar-refractivity contribution in [2.24, 2.45) is 5.41 Å². The number of carbonyl (C=O) groups excluding carboxylic acids is 9. The number of pyridine rings is 2. The number of ether oxygens (including phenoxy) is 3. The Kier molecular flexibility index (Phi) is 25.4. The molecule has 2 aliphatic heterocycles. The zero-order valence-corrected chi connectivity index (χ0v) is 42.5. The lowest BCUT2D eigenvalue weighted by molar-refractivity contribution is -0.140. The van der Waals surface area contributed by atoms with Crippen LogP contribution < -0.4 is 26.6 Å². The van der Waals surface area contributed by atoms with Crippen molar-refractivity contribution in [2.75, 3.05) is 86.5 Å². The molecule has 3 atom stereocenters. The van der Waals surface area contributed by atoms with Crippen molar-refractivity contribution >= 4 is 64.9 Å². The van der Waals surface area contributed by atoms with Gasteiger partial charge in [0.05, 0.1) is 54.4 Å². The molecule has 2 aromatic heterocycles. The quantitative estimate of drug-likeness (QED) is 0.0458. The fourth-order valence-electron chi connectivity index (χ4n) is 7.68. The number of likely N-dealkylation sites (tertiary alicyclic amines) is 1. The van der Waals surface area contributed by atoms with Crippen LogP contribution >= 0.6 is 11.8 Å². The van der Waals surface area contributed by atoms with Gasteiger partial charge in [0, 0.05) is 122 Å². The van der Waals surface area contributed by atoms with Crippen molar-refractivity contribution in [3.63, 3.8) is 0 Å². The van der Waals surface area contributed by atoms with Gasteiger partial charge in [-0.05, 0) is 49.9 Å². The van der Waals surface area contributed by atoms with Crippen molar-refractivity contribution in [1.82, 2.24) is 51.3 Å². The second-order valence-electron chi connectivity index (χ2n) is 17.6. The molecule has 1 saturated heterocycles. The van der Waals surface area contributed by atoms with Crippen LogP contribution in [0.4, 0.5) is 0 Å². The molecular formula is C49H70N10O12S. The van der Waals surface area contributed by atoms with Gasteiger partial charge in [-0.2, -0.15) is 0 Å². The Bertz CT molecular complexity index is 2090. The number of carbonyl (C=O) groups is 9. The smallest absolute Gasteiger partial charge is 0.253 e. The number of thioether (sulfide) groups is 1. The minimum absolute atomic E-state index is 0.0311. The lowest BCUT2D eigenvalue weighted by Gasteiger charge is -2.31. The second kappa shape index (κ2) is 31.3. The maximum Gasteiger partial charge on any atom is 0.253 e. The molecule has 3 unspecified atom stereocenters. The van der Waals surface area contributed by atoms with Gasteiger partial charge in [-0.1, -0.05) is 26.0 Å². The molecule has 0 bridgehead atoms. The predicted octanol–water partition coefficient (Wildman–Crippen LogP) is 0.259. The number of nitrogens with zero attached hydrogens (tertiary/aromatic N) is 5. The van der Waals surface area contributed by atoms with E-state index in [0.717, 1.165) is 45.1 Å². The zero-order chi connectivity index (χ0) is 52.3. The van der Waals surface area contributed by atoms with E-state index in [2.05, 4.69) is 36.6 Å². The van der Waals surface area contributed by atoms with Gasteiger partial charge in [-0.3, -0.25) is 67.8 Å². The van der Waals surface area contributed by atoms with Gasteiger partial charge in [-0.15, -0.1) is 11.8 Å². The van der Waals surface area contributed by atoms with Gasteiger partial charge in [0.15, 0.2) is 0 Å². The number of amides is 9. The minimum atomic E-state index is -1.06. The summed E-state index contributed by atoms with van der Waals surface area (Å²) < 4.78 is 15.7. The summed E-state index contributed by atoms with van der Waals surface area (Å²) in [6.45, 7) is 6.00. The fourth-order valence-corrected chi connectivity index (χ4v) is 9.28. The molecule has 22 nitrogen and oxygen atoms in total. The molecule has 4 rings (SSSR count). The summed E-state index contributed by atoms with van der Waals surface area (Å²) in [5.74, 6) is -3.62. The maximum atomic E-state index is 14.1. The van der Waals surface area contributed by atoms with Crippen molar-refractivity contribution in [2.45, 2.75) is 88.4 Å². The van der Waals surface area contributed by atoms with Crippen molar-refractivity contribution in [1.29, 1.82) is 0 Å². The van der Waals surface area contributed by atoms with E-state index in [1.807, 2.05) is 41.3 Å². The van der Waals surface area contributed by atoms with Crippen LogP contribution in [0.2, 0.25) is 0 Å². The number of hydrogen-bond acceptors (Lipinski definition) is 16. The normalized spacial score (nSPS) is 15.5. The Hall–Kier alpha value is -6.14. The van der Waals surface area contributed by atoms with E-state index in [9.17, 15) is 43.2 Å². The molecule has 9 amide bonds. The Labute approximate surface area is 424 Å². The summed E-state index contributed by atoms with van der Waals surface area (Å²) in [4.78, 5) is 129. The first-order valence-electron chi connectivity index (χ1n) is 24.1. The van der Waals surface area contributed by atoms with E-state index in [1.165, 1.54) is 7.11 Å². The third-order valence-electron chi connectivity index (χ3n) is 11.6. The monoisotopic (exact) mass is 1020 g/mol. The lowest BCUT2D eigenvalue weighted by atomic mass is 9.86. The van der Waals surface area contributed by atoms with Crippen LogP contribution in [0, 0.1) is 5.41 Å². The SMILES string of the molecule is COCCNC(=O)C(CCCCNC(=O)C(CC(C)(C)C(=O)NCCOC)SC1CC(=O)N(CCC(=O)NCCOCCNC(=O)CCN2C(=O)C=CC2=O)C1=O)N(Cc1ccccn1)Cc1ccccn1. The highest BCUT2D eigenvalue weighted by Gasteiger charge is 2.43. The molecule has 4 heterocycles. The van der Waals surface area contributed by atoms with Crippen LogP contribution in [-0.2, 0) is 70.5 Å². The molecule has 1 fully saturated rings. The second-order valence-corrected chi connectivity index (χ2v) is 19.1. The third kappa shape index (κ3) is 20.2. The van der Waals surface area contributed by atoms with Crippen LogP contribution in [0.5, 0.6) is 0 Å². The fraction of sp³-hybridized carbons (Fsp3) is 0.571. The highest BCUT2D eigenvalue weighted by molar-refractivity contribution is 8.02. The third-order valence-corrected chi connectivity index (χ3v) is 13.0. The molecule has 72 heavy (non-hydrogen) atoms.